The van der Waals surface area contributed by atoms with Crippen molar-refractivity contribution in [2.24, 2.45) is 0 Å². The molecule has 8 nitrogen and oxygen atoms in total. The van der Waals surface area contributed by atoms with Gasteiger partial charge in [0.1, 0.15) is 24.7 Å². The van der Waals surface area contributed by atoms with Crippen molar-refractivity contribution < 1.29 is 38.7 Å². The first-order chi connectivity index (χ1) is 19.8. The Kier molecular flexibility index (Phi) is 19.8. The van der Waals surface area contributed by atoms with Gasteiger partial charge in [0.25, 0.3) is 0 Å². The van der Waals surface area contributed by atoms with Gasteiger partial charge in [-0.3, -0.25) is 9.59 Å². The summed E-state index contributed by atoms with van der Waals surface area (Å²) in [6, 6.07) is 15.9. The normalized spacial score (nSPS) is 12.0. The van der Waals surface area contributed by atoms with Gasteiger partial charge in [-0.25, -0.2) is 0 Å². The first-order valence-electron chi connectivity index (χ1n) is 14.7. The second-order valence-corrected chi connectivity index (χ2v) is 9.98. The summed E-state index contributed by atoms with van der Waals surface area (Å²) in [4.78, 5) is 21.6. The molecule has 0 saturated carbocycles. The summed E-state index contributed by atoms with van der Waals surface area (Å²) in [5.41, 5.74) is 2.39. The second-order valence-electron chi connectivity index (χ2n) is 9.98. The standard InChI is InChI=1S/C21H28O4.C12H22O4/c1-3-18(22)14-24-20-9-5-16(6-10-20)13-17-7-11-21(12-8-17)25-15-19(23)4-2;1-15-11(13)9-7-5-3-4-6-8-10-12(14)16-2/h5-12,18-19,22-23H,3-4,13-15H2,1-2H3;3-10H2,1-2H3. The molecular formula is C33H50O8. The van der Waals surface area contributed by atoms with Crippen molar-refractivity contribution in [1.29, 1.82) is 0 Å². The number of aliphatic hydroxyl groups is 2. The molecule has 230 valence electrons. The van der Waals surface area contributed by atoms with Crippen molar-refractivity contribution >= 4 is 11.9 Å². The third-order valence-electron chi connectivity index (χ3n) is 6.55. The van der Waals surface area contributed by atoms with E-state index in [2.05, 4.69) is 9.47 Å². The molecule has 0 aliphatic rings. The largest absolute Gasteiger partial charge is 0.491 e. The number of aliphatic hydroxyl groups excluding tert-OH is 2. The number of unbranched alkanes of at least 4 members (excludes halogenated alkanes) is 5. The van der Waals surface area contributed by atoms with E-state index in [0.717, 1.165) is 56.4 Å². The lowest BCUT2D eigenvalue weighted by atomic mass is 10.0. The molecule has 41 heavy (non-hydrogen) atoms. The summed E-state index contributed by atoms with van der Waals surface area (Å²) in [7, 11) is 2.82. The fourth-order valence-electron chi connectivity index (χ4n) is 3.71. The number of hydrogen-bond donors (Lipinski definition) is 2. The maximum atomic E-state index is 10.8. The molecule has 2 aromatic rings. The van der Waals surface area contributed by atoms with E-state index >= 15 is 0 Å². The molecule has 0 amide bonds. The third kappa shape index (κ3) is 18.0. The van der Waals surface area contributed by atoms with Crippen LogP contribution in [0.15, 0.2) is 48.5 Å². The average Bonchev–Trinajstić information content (AvgIpc) is 3.01. The fourth-order valence-corrected chi connectivity index (χ4v) is 3.71. The van der Waals surface area contributed by atoms with Gasteiger partial charge >= 0.3 is 11.9 Å². The van der Waals surface area contributed by atoms with E-state index in [-0.39, 0.29) is 11.9 Å². The van der Waals surface area contributed by atoms with Crippen molar-refractivity contribution in [3.63, 3.8) is 0 Å². The molecule has 0 spiro atoms. The highest BCUT2D eigenvalue weighted by Gasteiger charge is 2.05. The van der Waals surface area contributed by atoms with Gasteiger partial charge in [-0.1, -0.05) is 63.8 Å². The summed E-state index contributed by atoms with van der Waals surface area (Å²) in [5, 5.41) is 19.0. The Morgan fingerprint density at radius 1 is 0.610 bits per heavy atom. The van der Waals surface area contributed by atoms with E-state index in [1.807, 2.05) is 62.4 Å². The molecule has 0 saturated heterocycles. The first-order valence-corrected chi connectivity index (χ1v) is 14.7. The Morgan fingerprint density at radius 3 is 1.27 bits per heavy atom. The van der Waals surface area contributed by atoms with Crippen LogP contribution in [-0.4, -0.2) is 61.8 Å². The summed E-state index contributed by atoms with van der Waals surface area (Å²) in [5.74, 6) is 1.28. The molecule has 2 aromatic carbocycles. The van der Waals surface area contributed by atoms with Crippen LogP contribution in [0.5, 0.6) is 11.5 Å². The summed E-state index contributed by atoms with van der Waals surface area (Å²) in [6.45, 7) is 4.51. The molecule has 2 unspecified atom stereocenters. The number of methoxy groups -OCH3 is 2. The van der Waals surface area contributed by atoms with E-state index in [1.165, 1.54) is 25.3 Å². The summed E-state index contributed by atoms with van der Waals surface area (Å²) < 4.78 is 20.2. The van der Waals surface area contributed by atoms with E-state index in [9.17, 15) is 19.8 Å². The molecular weight excluding hydrogens is 524 g/mol. The van der Waals surface area contributed by atoms with Gasteiger partial charge in [-0.2, -0.15) is 0 Å². The minimum atomic E-state index is -0.418. The van der Waals surface area contributed by atoms with E-state index < -0.39 is 12.2 Å². The van der Waals surface area contributed by atoms with Gasteiger partial charge < -0.3 is 29.2 Å². The molecule has 0 heterocycles. The zero-order valence-corrected chi connectivity index (χ0v) is 25.3. The van der Waals surface area contributed by atoms with Gasteiger partial charge in [0.05, 0.1) is 26.4 Å². The van der Waals surface area contributed by atoms with Crippen molar-refractivity contribution in [2.45, 2.75) is 96.7 Å². The van der Waals surface area contributed by atoms with Gasteiger partial charge in [0.15, 0.2) is 0 Å². The molecule has 0 fully saturated rings. The van der Waals surface area contributed by atoms with Crippen LogP contribution in [-0.2, 0) is 25.5 Å². The highest BCUT2D eigenvalue weighted by molar-refractivity contribution is 5.69. The van der Waals surface area contributed by atoms with Crippen LogP contribution in [0.1, 0.15) is 89.2 Å². The molecule has 0 aromatic heterocycles. The predicted molar refractivity (Wildman–Crippen MR) is 160 cm³/mol. The smallest absolute Gasteiger partial charge is 0.305 e. The first kappa shape index (κ1) is 35.9. The molecule has 0 bridgehead atoms. The van der Waals surface area contributed by atoms with Crippen LogP contribution in [0.3, 0.4) is 0 Å². The van der Waals surface area contributed by atoms with Crippen LogP contribution in [0.2, 0.25) is 0 Å². The minimum Gasteiger partial charge on any atom is -0.491 e. The third-order valence-corrected chi connectivity index (χ3v) is 6.55. The number of esters is 2. The quantitative estimate of drug-likeness (QED) is 0.155. The van der Waals surface area contributed by atoms with Crippen molar-refractivity contribution in [3.05, 3.63) is 59.7 Å². The maximum absolute atomic E-state index is 10.8. The van der Waals surface area contributed by atoms with Gasteiger partial charge in [-0.15, -0.1) is 0 Å². The zero-order chi connectivity index (χ0) is 30.3. The lowest BCUT2D eigenvalue weighted by Crippen LogP contribution is -2.15. The number of benzene rings is 2. The van der Waals surface area contributed by atoms with Gasteiger partial charge in [0.2, 0.25) is 0 Å². The monoisotopic (exact) mass is 574 g/mol. The lowest BCUT2D eigenvalue weighted by Gasteiger charge is -2.11. The number of carbonyl (C=O) groups is 2. The highest BCUT2D eigenvalue weighted by atomic mass is 16.5. The molecule has 2 rings (SSSR count). The van der Waals surface area contributed by atoms with Gasteiger partial charge in [0, 0.05) is 12.8 Å². The predicted octanol–water partition coefficient (Wildman–Crippen LogP) is 6.03. The van der Waals surface area contributed by atoms with Crippen LogP contribution in [0.4, 0.5) is 0 Å². The molecule has 2 atom stereocenters. The lowest BCUT2D eigenvalue weighted by molar-refractivity contribution is -0.141. The molecule has 0 aliphatic heterocycles. The van der Waals surface area contributed by atoms with E-state index in [0.29, 0.717) is 38.9 Å². The SMILES string of the molecule is CCC(O)COc1ccc(Cc2ccc(OCC(O)CC)cc2)cc1.COC(=O)CCCCCCCCC(=O)OC. The van der Waals surface area contributed by atoms with Crippen LogP contribution in [0, 0.1) is 0 Å². The molecule has 8 heteroatoms. The minimum absolute atomic E-state index is 0.134. The molecule has 2 N–H and O–H groups in total. The Labute approximate surface area is 246 Å². The maximum Gasteiger partial charge on any atom is 0.305 e. The van der Waals surface area contributed by atoms with Crippen LogP contribution >= 0.6 is 0 Å². The topological polar surface area (TPSA) is 112 Å². The van der Waals surface area contributed by atoms with Crippen molar-refractivity contribution in [3.8, 4) is 11.5 Å². The van der Waals surface area contributed by atoms with E-state index in [1.54, 1.807) is 0 Å². The number of carbonyl (C=O) groups excluding carboxylic acids is 2. The van der Waals surface area contributed by atoms with Crippen LogP contribution < -0.4 is 9.47 Å². The van der Waals surface area contributed by atoms with Crippen molar-refractivity contribution in [1.82, 2.24) is 0 Å². The zero-order valence-electron chi connectivity index (χ0n) is 25.3. The Hall–Kier alpha value is -3.10. The highest BCUT2D eigenvalue weighted by Crippen LogP contribution is 2.18. The Bertz CT molecular complexity index is 865. The average molecular weight is 575 g/mol. The summed E-state index contributed by atoms with van der Waals surface area (Å²) >= 11 is 0. The van der Waals surface area contributed by atoms with Crippen molar-refractivity contribution in [2.75, 3.05) is 27.4 Å². The molecule has 0 aliphatic carbocycles. The molecule has 0 radical (unpaired) electrons. The van der Waals surface area contributed by atoms with Crippen LogP contribution in [0.25, 0.3) is 0 Å². The Morgan fingerprint density at radius 2 is 0.951 bits per heavy atom. The number of rotatable bonds is 19. The fraction of sp³-hybridized carbons (Fsp3) is 0.576. The summed E-state index contributed by atoms with van der Waals surface area (Å²) in [6.07, 6.45) is 8.50. The van der Waals surface area contributed by atoms with E-state index in [4.69, 9.17) is 9.47 Å². The Balaban J connectivity index is 0.000000456. The van der Waals surface area contributed by atoms with Gasteiger partial charge in [-0.05, 0) is 67.5 Å². The second kappa shape index (κ2) is 22.6. The number of ether oxygens (including phenoxy) is 4. The number of hydrogen-bond acceptors (Lipinski definition) is 8.